The third-order valence-corrected chi connectivity index (χ3v) is 4.39. The molecule has 1 heterocycles. The molecule has 0 aliphatic carbocycles. The highest BCUT2D eigenvalue weighted by Gasteiger charge is 2.31. The van der Waals surface area contributed by atoms with Gasteiger partial charge in [-0.1, -0.05) is 34.6 Å². The summed E-state index contributed by atoms with van der Waals surface area (Å²) in [4.78, 5) is 14.4. The first kappa shape index (κ1) is 17.9. The van der Waals surface area contributed by atoms with Gasteiger partial charge >= 0.3 is 0 Å². The number of hydrogen-bond donors (Lipinski definition) is 1. The lowest BCUT2D eigenvalue weighted by atomic mass is 9.82. The van der Waals surface area contributed by atoms with Gasteiger partial charge in [0.1, 0.15) is 0 Å². The standard InChI is InChI=1S/C12H24N2OS.C2H6/c1-4-12(2,3)11(15)10(13)9-14-5-7-16-8-6-14;1-2/h10H,4-9,13H2,1-3H3;1-2H3. The van der Waals surface area contributed by atoms with Crippen LogP contribution >= 0.6 is 11.8 Å². The van der Waals surface area contributed by atoms with Crippen LogP contribution in [0.5, 0.6) is 0 Å². The van der Waals surface area contributed by atoms with Gasteiger partial charge in [0.25, 0.3) is 0 Å². The lowest BCUT2D eigenvalue weighted by Crippen LogP contribution is -2.49. The summed E-state index contributed by atoms with van der Waals surface area (Å²) in [6.45, 7) is 12.9. The summed E-state index contributed by atoms with van der Waals surface area (Å²) < 4.78 is 0. The summed E-state index contributed by atoms with van der Waals surface area (Å²) >= 11 is 1.98. The molecule has 0 bridgehead atoms. The van der Waals surface area contributed by atoms with Gasteiger partial charge < -0.3 is 5.73 Å². The molecule has 2 N–H and O–H groups in total. The number of carbonyl (C=O) groups is 1. The van der Waals surface area contributed by atoms with Crippen molar-refractivity contribution >= 4 is 17.5 Å². The smallest absolute Gasteiger partial charge is 0.156 e. The fourth-order valence-corrected chi connectivity index (χ4v) is 2.80. The number of carbonyl (C=O) groups excluding carboxylic acids is 1. The Morgan fingerprint density at radius 1 is 1.33 bits per heavy atom. The number of Topliss-reactive ketones (excluding diaryl/α,β-unsaturated/α-hetero) is 1. The van der Waals surface area contributed by atoms with Crippen molar-refractivity contribution in [3.8, 4) is 0 Å². The van der Waals surface area contributed by atoms with E-state index >= 15 is 0 Å². The third kappa shape index (κ3) is 5.72. The molecule has 0 aromatic rings. The Labute approximate surface area is 117 Å². The topological polar surface area (TPSA) is 46.3 Å². The predicted molar refractivity (Wildman–Crippen MR) is 82.2 cm³/mol. The number of hydrogen-bond acceptors (Lipinski definition) is 4. The molecule has 1 rings (SSSR count). The highest BCUT2D eigenvalue weighted by molar-refractivity contribution is 7.99. The van der Waals surface area contributed by atoms with Gasteiger partial charge in [0.15, 0.2) is 5.78 Å². The second-order valence-electron chi connectivity index (χ2n) is 5.12. The number of nitrogens with two attached hydrogens (primary N) is 1. The molecular weight excluding hydrogens is 244 g/mol. The van der Waals surface area contributed by atoms with Crippen LogP contribution in [0.15, 0.2) is 0 Å². The van der Waals surface area contributed by atoms with Gasteiger partial charge in [-0.05, 0) is 6.42 Å². The van der Waals surface area contributed by atoms with Crippen LogP contribution in [-0.2, 0) is 4.79 Å². The highest BCUT2D eigenvalue weighted by atomic mass is 32.2. The minimum absolute atomic E-state index is 0.202. The highest BCUT2D eigenvalue weighted by Crippen LogP contribution is 2.22. The summed E-state index contributed by atoms with van der Waals surface area (Å²) in [7, 11) is 0. The van der Waals surface area contributed by atoms with E-state index in [0.29, 0.717) is 0 Å². The molecule has 1 fully saturated rings. The van der Waals surface area contributed by atoms with Crippen LogP contribution in [0, 0.1) is 5.41 Å². The van der Waals surface area contributed by atoms with Gasteiger partial charge in [0, 0.05) is 36.6 Å². The first-order valence-electron chi connectivity index (χ1n) is 7.07. The number of rotatable bonds is 5. The molecule has 1 unspecified atom stereocenters. The Morgan fingerprint density at radius 2 is 1.83 bits per heavy atom. The maximum absolute atomic E-state index is 12.1. The van der Waals surface area contributed by atoms with Crippen LogP contribution in [0.1, 0.15) is 41.0 Å². The largest absolute Gasteiger partial charge is 0.320 e. The fraction of sp³-hybridized carbons (Fsp3) is 0.929. The lowest BCUT2D eigenvalue weighted by molar-refractivity contribution is -0.129. The van der Waals surface area contributed by atoms with Gasteiger partial charge in [-0.2, -0.15) is 11.8 Å². The van der Waals surface area contributed by atoms with Crippen LogP contribution in [0.3, 0.4) is 0 Å². The second kappa shape index (κ2) is 8.94. The van der Waals surface area contributed by atoms with Crippen molar-refractivity contribution in [2.75, 3.05) is 31.1 Å². The summed E-state index contributed by atoms with van der Waals surface area (Å²) in [6, 6.07) is -0.321. The molecular formula is C14H30N2OS. The van der Waals surface area contributed by atoms with Crippen LogP contribution in [0.25, 0.3) is 0 Å². The Hall–Kier alpha value is -0.0600. The lowest BCUT2D eigenvalue weighted by Gasteiger charge is -2.31. The molecule has 108 valence electrons. The molecule has 1 atom stereocenters. The molecule has 1 aliphatic rings. The molecule has 0 aromatic heterocycles. The molecule has 1 aliphatic heterocycles. The van der Waals surface area contributed by atoms with E-state index in [0.717, 1.165) is 37.6 Å². The molecule has 18 heavy (non-hydrogen) atoms. The Morgan fingerprint density at radius 3 is 2.28 bits per heavy atom. The van der Waals surface area contributed by atoms with Crippen LogP contribution in [0.2, 0.25) is 0 Å². The molecule has 3 nitrogen and oxygen atoms in total. The number of thioether (sulfide) groups is 1. The average molecular weight is 274 g/mol. The van der Waals surface area contributed by atoms with Crippen molar-refractivity contribution in [1.29, 1.82) is 0 Å². The predicted octanol–water partition coefficient (Wildman–Crippen LogP) is 2.39. The van der Waals surface area contributed by atoms with E-state index in [4.69, 9.17) is 5.73 Å². The van der Waals surface area contributed by atoms with E-state index in [1.807, 2.05) is 46.4 Å². The van der Waals surface area contributed by atoms with Crippen LogP contribution < -0.4 is 5.73 Å². The van der Waals surface area contributed by atoms with Crippen molar-refractivity contribution in [3.63, 3.8) is 0 Å². The van der Waals surface area contributed by atoms with Crippen molar-refractivity contribution in [2.45, 2.75) is 47.1 Å². The fourth-order valence-electron chi connectivity index (χ4n) is 1.82. The zero-order valence-electron chi connectivity index (χ0n) is 12.7. The summed E-state index contributed by atoms with van der Waals surface area (Å²) in [5, 5.41) is 0. The minimum atomic E-state index is -0.321. The molecule has 1 saturated heterocycles. The van der Waals surface area contributed by atoms with Crippen molar-refractivity contribution in [2.24, 2.45) is 11.1 Å². The third-order valence-electron chi connectivity index (χ3n) is 3.45. The van der Waals surface area contributed by atoms with E-state index in [1.165, 1.54) is 0 Å². The number of nitrogens with zero attached hydrogens (tertiary/aromatic N) is 1. The first-order valence-corrected chi connectivity index (χ1v) is 8.23. The molecule has 0 saturated carbocycles. The molecule has 4 heteroatoms. The van der Waals surface area contributed by atoms with Crippen LogP contribution in [-0.4, -0.2) is 47.9 Å². The molecule has 0 amide bonds. The summed E-state index contributed by atoms with van der Waals surface area (Å²) in [5.41, 5.74) is 5.74. The Balaban J connectivity index is 0.00000137. The number of ketones is 1. The van der Waals surface area contributed by atoms with Crippen molar-refractivity contribution in [3.05, 3.63) is 0 Å². The van der Waals surface area contributed by atoms with Gasteiger partial charge in [-0.3, -0.25) is 9.69 Å². The van der Waals surface area contributed by atoms with E-state index in [-0.39, 0.29) is 17.2 Å². The zero-order chi connectivity index (χ0) is 14.2. The monoisotopic (exact) mass is 274 g/mol. The van der Waals surface area contributed by atoms with Crippen LogP contribution in [0.4, 0.5) is 0 Å². The SMILES string of the molecule is CC.CCC(C)(C)C(=O)C(N)CN1CCSCC1. The summed E-state index contributed by atoms with van der Waals surface area (Å²) in [5.74, 6) is 2.53. The van der Waals surface area contributed by atoms with Gasteiger partial charge in [0.2, 0.25) is 0 Å². The first-order chi connectivity index (χ1) is 8.47. The Bertz CT molecular complexity index is 238. The quantitative estimate of drug-likeness (QED) is 0.836. The molecule has 0 radical (unpaired) electrons. The normalized spacial score (nSPS) is 18.8. The van der Waals surface area contributed by atoms with Crippen molar-refractivity contribution in [1.82, 2.24) is 4.90 Å². The van der Waals surface area contributed by atoms with E-state index in [1.54, 1.807) is 0 Å². The molecule has 0 aromatic carbocycles. The Kier molecular flexibility index (Phi) is 8.91. The molecule has 0 spiro atoms. The minimum Gasteiger partial charge on any atom is -0.320 e. The summed E-state index contributed by atoms with van der Waals surface area (Å²) in [6.07, 6.45) is 0.857. The average Bonchev–Trinajstić information content (AvgIpc) is 2.41. The van der Waals surface area contributed by atoms with Gasteiger partial charge in [-0.25, -0.2) is 0 Å². The van der Waals surface area contributed by atoms with E-state index in [9.17, 15) is 4.79 Å². The van der Waals surface area contributed by atoms with E-state index < -0.39 is 0 Å². The second-order valence-corrected chi connectivity index (χ2v) is 6.35. The van der Waals surface area contributed by atoms with Gasteiger partial charge in [0.05, 0.1) is 6.04 Å². The zero-order valence-corrected chi connectivity index (χ0v) is 13.5. The van der Waals surface area contributed by atoms with E-state index in [2.05, 4.69) is 4.90 Å². The van der Waals surface area contributed by atoms with Crippen molar-refractivity contribution < 1.29 is 4.79 Å². The maximum atomic E-state index is 12.1. The van der Waals surface area contributed by atoms with Gasteiger partial charge in [-0.15, -0.1) is 0 Å². The maximum Gasteiger partial charge on any atom is 0.156 e.